The first-order valence-electron chi connectivity index (χ1n) is 5.22. The summed E-state index contributed by atoms with van der Waals surface area (Å²) in [5, 5.41) is 11.1. The monoisotopic (exact) mass is 270 g/mol. The van der Waals surface area contributed by atoms with Gasteiger partial charge >= 0.3 is 5.97 Å². The van der Waals surface area contributed by atoms with Gasteiger partial charge in [-0.2, -0.15) is 0 Å². The molecule has 0 fully saturated rings. The highest BCUT2D eigenvalue weighted by Crippen LogP contribution is 2.12. The number of hydrogen-bond donors (Lipinski definition) is 2. The summed E-state index contributed by atoms with van der Waals surface area (Å²) in [6.07, 6.45) is 1.54. The number of aromatic nitrogens is 1. The third-order valence-electron chi connectivity index (χ3n) is 1.97. The molecule has 0 aliphatic rings. The van der Waals surface area contributed by atoms with Gasteiger partial charge in [0.25, 0.3) is 5.91 Å². The zero-order chi connectivity index (χ0) is 13.4. The second-order valence-electron chi connectivity index (χ2n) is 3.26. The number of aliphatic carboxylic acids is 1. The van der Waals surface area contributed by atoms with Gasteiger partial charge in [-0.05, 0) is 12.1 Å². The van der Waals surface area contributed by atoms with Crippen molar-refractivity contribution in [2.75, 3.05) is 25.2 Å². The third-order valence-corrected chi connectivity index (χ3v) is 2.91. The first-order valence-corrected chi connectivity index (χ1v) is 6.37. The van der Waals surface area contributed by atoms with E-state index in [1.54, 1.807) is 18.3 Å². The smallest absolute Gasteiger partial charge is 0.313 e. The Bertz CT molecular complexity index is 425. The SMILES string of the molecule is COc1ncccc1C(=O)NCCSCC(=O)O. The van der Waals surface area contributed by atoms with Crippen molar-refractivity contribution in [1.29, 1.82) is 0 Å². The van der Waals surface area contributed by atoms with Crippen molar-refractivity contribution >= 4 is 23.6 Å². The molecule has 1 amide bonds. The summed E-state index contributed by atoms with van der Waals surface area (Å²) in [4.78, 5) is 26.0. The van der Waals surface area contributed by atoms with E-state index < -0.39 is 5.97 Å². The van der Waals surface area contributed by atoms with E-state index >= 15 is 0 Å². The lowest BCUT2D eigenvalue weighted by atomic mass is 10.2. The Labute approximate surface area is 109 Å². The van der Waals surface area contributed by atoms with Crippen molar-refractivity contribution in [3.63, 3.8) is 0 Å². The van der Waals surface area contributed by atoms with Crippen LogP contribution in [0.2, 0.25) is 0 Å². The number of thioether (sulfide) groups is 1. The lowest BCUT2D eigenvalue weighted by molar-refractivity contribution is -0.133. The van der Waals surface area contributed by atoms with E-state index in [9.17, 15) is 9.59 Å². The molecule has 1 rings (SSSR count). The van der Waals surface area contributed by atoms with Gasteiger partial charge < -0.3 is 15.2 Å². The molecule has 0 bridgehead atoms. The van der Waals surface area contributed by atoms with Crippen molar-refractivity contribution in [2.24, 2.45) is 0 Å². The van der Waals surface area contributed by atoms with Crippen LogP contribution in [0.4, 0.5) is 0 Å². The van der Waals surface area contributed by atoms with Crippen molar-refractivity contribution in [3.8, 4) is 5.88 Å². The van der Waals surface area contributed by atoms with Crippen LogP contribution in [0.3, 0.4) is 0 Å². The fraction of sp³-hybridized carbons (Fsp3) is 0.364. The van der Waals surface area contributed by atoms with Crippen LogP contribution in [0.5, 0.6) is 5.88 Å². The van der Waals surface area contributed by atoms with Gasteiger partial charge in [0.2, 0.25) is 5.88 Å². The molecule has 6 nitrogen and oxygen atoms in total. The minimum Gasteiger partial charge on any atom is -0.481 e. The minimum atomic E-state index is -0.861. The van der Waals surface area contributed by atoms with E-state index in [1.807, 2.05) is 0 Å². The van der Waals surface area contributed by atoms with Gasteiger partial charge in [0.1, 0.15) is 5.56 Å². The highest BCUT2D eigenvalue weighted by Gasteiger charge is 2.11. The number of carbonyl (C=O) groups is 2. The Morgan fingerprint density at radius 2 is 2.33 bits per heavy atom. The molecule has 2 N–H and O–H groups in total. The summed E-state index contributed by atoms with van der Waals surface area (Å²) in [6, 6.07) is 3.27. The fourth-order valence-corrected chi connectivity index (χ4v) is 1.78. The third kappa shape index (κ3) is 4.62. The topological polar surface area (TPSA) is 88.5 Å². The standard InChI is InChI=1S/C11H14N2O4S/c1-17-11-8(3-2-4-13-11)10(16)12-5-6-18-7-9(14)15/h2-4H,5-7H2,1H3,(H,12,16)(H,14,15). The maximum absolute atomic E-state index is 11.8. The van der Waals surface area contributed by atoms with Crippen LogP contribution < -0.4 is 10.1 Å². The minimum absolute atomic E-state index is 0.0338. The van der Waals surface area contributed by atoms with E-state index in [4.69, 9.17) is 9.84 Å². The van der Waals surface area contributed by atoms with Gasteiger partial charge in [0.15, 0.2) is 0 Å². The second kappa shape index (κ2) is 7.54. The van der Waals surface area contributed by atoms with Crippen molar-refractivity contribution in [1.82, 2.24) is 10.3 Å². The molecule has 1 aromatic heterocycles. The number of carbonyl (C=O) groups excluding carboxylic acids is 1. The quantitative estimate of drug-likeness (QED) is 0.707. The summed E-state index contributed by atoms with van der Waals surface area (Å²) in [7, 11) is 1.45. The number of methoxy groups -OCH3 is 1. The molecule has 98 valence electrons. The largest absolute Gasteiger partial charge is 0.481 e. The average molecular weight is 270 g/mol. The maximum Gasteiger partial charge on any atom is 0.313 e. The molecule has 7 heteroatoms. The fourth-order valence-electron chi connectivity index (χ4n) is 1.22. The number of nitrogens with one attached hydrogen (secondary N) is 1. The average Bonchev–Trinajstić information content (AvgIpc) is 2.37. The van der Waals surface area contributed by atoms with Gasteiger partial charge in [-0.15, -0.1) is 11.8 Å². The molecule has 1 aromatic rings. The molecule has 0 spiro atoms. The number of amides is 1. The summed E-state index contributed by atoms with van der Waals surface area (Å²) >= 11 is 1.25. The maximum atomic E-state index is 11.8. The lowest BCUT2D eigenvalue weighted by Crippen LogP contribution is -2.26. The first-order chi connectivity index (χ1) is 8.65. The van der Waals surface area contributed by atoms with Crippen molar-refractivity contribution in [3.05, 3.63) is 23.9 Å². The predicted molar refractivity (Wildman–Crippen MR) is 68.1 cm³/mol. The van der Waals surface area contributed by atoms with E-state index in [0.717, 1.165) is 0 Å². The molecule has 0 aromatic carbocycles. The molecule has 0 atom stereocenters. The summed E-state index contributed by atoms with van der Waals surface area (Å²) in [5.41, 5.74) is 0.364. The van der Waals surface area contributed by atoms with E-state index in [0.29, 0.717) is 17.9 Å². The molecule has 0 aliphatic heterocycles. The van der Waals surface area contributed by atoms with Gasteiger partial charge in [0.05, 0.1) is 12.9 Å². The van der Waals surface area contributed by atoms with Crippen LogP contribution in [-0.2, 0) is 4.79 Å². The zero-order valence-electron chi connectivity index (χ0n) is 9.88. The molecule has 0 aliphatic carbocycles. The molecule has 0 unspecified atom stereocenters. The first kappa shape index (κ1) is 14.3. The number of nitrogens with zero attached hydrogens (tertiary/aromatic N) is 1. The van der Waals surface area contributed by atoms with Crippen LogP contribution in [-0.4, -0.2) is 47.1 Å². The van der Waals surface area contributed by atoms with Crippen molar-refractivity contribution < 1.29 is 19.4 Å². The van der Waals surface area contributed by atoms with Crippen LogP contribution >= 0.6 is 11.8 Å². The van der Waals surface area contributed by atoms with Gasteiger partial charge in [-0.1, -0.05) is 0 Å². The molecule has 1 heterocycles. The van der Waals surface area contributed by atoms with Gasteiger partial charge in [-0.3, -0.25) is 9.59 Å². The van der Waals surface area contributed by atoms with E-state index in [-0.39, 0.29) is 17.5 Å². The van der Waals surface area contributed by atoms with Crippen LogP contribution in [0.25, 0.3) is 0 Å². The molecular weight excluding hydrogens is 256 g/mol. The Morgan fingerprint density at radius 3 is 3.00 bits per heavy atom. The zero-order valence-corrected chi connectivity index (χ0v) is 10.7. The predicted octanol–water partition coefficient (Wildman–Crippen LogP) is 0.638. The summed E-state index contributed by atoms with van der Waals surface area (Å²) in [5.74, 6) is -0.295. The number of carboxylic acids is 1. The van der Waals surface area contributed by atoms with E-state index in [2.05, 4.69) is 10.3 Å². The number of ether oxygens (including phenoxy) is 1. The van der Waals surface area contributed by atoms with Gasteiger partial charge in [-0.25, -0.2) is 4.98 Å². The van der Waals surface area contributed by atoms with Gasteiger partial charge in [0, 0.05) is 18.5 Å². The van der Waals surface area contributed by atoms with E-state index in [1.165, 1.54) is 18.9 Å². The molecule has 0 radical (unpaired) electrons. The molecular formula is C11H14N2O4S. The Morgan fingerprint density at radius 1 is 1.56 bits per heavy atom. The Hall–Kier alpha value is -1.76. The summed E-state index contributed by atoms with van der Waals surface area (Å²) in [6.45, 7) is 0.398. The molecule has 18 heavy (non-hydrogen) atoms. The number of rotatable bonds is 7. The Kier molecular flexibility index (Phi) is 5.99. The number of hydrogen-bond acceptors (Lipinski definition) is 5. The number of pyridine rings is 1. The number of carboxylic acid groups (broad SMARTS) is 1. The molecule has 0 saturated heterocycles. The summed E-state index contributed by atoms with van der Waals surface area (Å²) < 4.78 is 4.97. The van der Waals surface area contributed by atoms with Crippen LogP contribution in [0, 0.1) is 0 Å². The normalized spacial score (nSPS) is 9.83. The highest BCUT2D eigenvalue weighted by atomic mass is 32.2. The second-order valence-corrected chi connectivity index (χ2v) is 4.37. The van der Waals surface area contributed by atoms with Crippen molar-refractivity contribution in [2.45, 2.75) is 0 Å². The Balaban J connectivity index is 2.38. The van der Waals surface area contributed by atoms with Crippen LogP contribution in [0.1, 0.15) is 10.4 Å². The van der Waals surface area contributed by atoms with Crippen LogP contribution in [0.15, 0.2) is 18.3 Å². The molecule has 0 saturated carbocycles. The highest BCUT2D eigenvalue weighted by molar-refractivity contribution is 7.99. The lowest BCUT2D eigenvalue weighted by Gasteiger charge is -2.07.